The summed E-state index contributed by atoms with van der Waals surface area (Å²) in [5, 5.41) is 9.56. The lowest BCUT2D eigenvalue weighted by Crippen LogP contribution is -2.57. The molecule has 6 atom stereocenters. The maximum atomic E-state index is 14.8. The van der Waals surface area contributed by atoms with Crippen LogP contribution < -0.4 is 19.3 Å². The first-order valence-corrected chi connectivity index (χ1v) is 16.4. The summed E-state index contributed by atoms with van der Waals surface area (Å²) in [5.41, 5.74) is -0.917. The highest BCUT2D eigenvalue weighted by Gasteiger charge is 2.80. The van der Waals surface area contributed by atoms with Gasteiger partial charge in [-0.05, 0) is 87.6 Å². The molecule has 0 radical (unpaired) electrons. The second-order valence-corrected chi connectivity index (χ2v) is 12.8. The molecule has 1 spiro atoms. The van der Waals surface area contributed by atoms with Crippen LogP contribution in [0.5, 0.6) is 11.5 Å². The third kappa shape index (κ3) is 5.82. The Morgan fingerprint density at radius 2 is 1.57 bits per heavy atom. The molecule has 10 nitrogen and oxygen atoms in total. The van der Waals surface area contributed by atoms with Gasteiger partial charge in [0.1, 0.15) is 23.1 Å². The Balaban J connectivity index is 1.58. The Kier molecular flexibility index (Phi) is 10.1. The number of likely N-dealkylation sites (tertiary alicyclic amines) is 1. The van der Waals surface area contributed by atoms with Crippen LogP contribution in [0.3, 0.4) is 0 Å². The van der Waals surface area contributed by atoms with E-state index in [1.165, 1.54) is 0 Å². The molecule has 3 aliphatic heterocycles. The fourth-order valence-corrected chi connectivity index (χ4v) is 7.90. The molecule has 5 rings (SSSR count). The van der Waals surface area contributed by atoms with Gasteiger partial charge in [-0.15, -0.1) is 13.2 Å². The van der Waals surface area contributed by atoms with Crippen molar-refractivity contribution in [2.45, 2.75) is 57.3 Å². The lowest BCUT2D eigenvalue weighted by Gasteiger charge is -2.39. The maximum Gasteiger partial charge on any atom is 0.253 e. The van der Waals surface area contributed by atoms with E-state index < -0.39 is 29.1 Å². The molecule has 2 aromatic rings. The van der Waals surface area contributed by atoms with Gasteiger partial charge in [-0.25, -0.2) is 0 Å². The number of fused-ring (bicyclic) bond motifs is 1. The van der Waals surface area contributed by atoms with Crippen molar-refractivity contribution in [3.05, 3.63) is 73.8 Å². The van der Waals surface area contributed by atoms with Crippen LogP contribution in [-0.4, -0.2) is 84.9 Å². The van der Waals surface area contributed by atoms with Gasteiger partial charge in [0.05, 0.1) is 31.2 Å². The van der Waals surface area contributed by atoms with Crippen molar-refractivity contribution in [2.75, 3.05) is 49.8 Å². The predicted molar refractivity (Wildman–Crippen MR) is 181 cm³/mol. The molecule has 1 N–H and O–H groups in total. The van der Waals surface area contributed by atoms with E-state index in [-0.39, 0.29) is 49.9 Å². The fraction of sp³-hybridized carbons (Fsp3) is 0.486. The van der Waals surface area contributed by atoms with Crippen molar-refractivity contribution in [1.29, 1.82) is 0 Å². The highest BCUT2D eigenvalue weighted by Crippen LogP contribution is 2.65. The van der Waals surface area contributed by atoms with Crippen molar-refractivity contribution in [2.24, 2.45) is 17.8 Å². The van der Waals surface area contributed by atoms with E-state index in [4.69, 9.17) is 14.2 Å². The quantitative estimate of drug-likeness (QED) is 0.223. The monoisotopic (exact) mass is 645 g/mol. The molecule has 3 unspecified atom stereocenters. The average molecular weight is 646 g/mol. The van der Waals surface area contributed by atoms with Crippen LogP contribution in [0.25, 0.3) is 0 Å². The smallest absolute Gasteiger partial charge is 0.253 e. The molecule has 3 aliphatic rings. The second-order valence-electron chi connectivity index (χ2n) is 12.8. The van der Waals surface area contributed by atoms with Crippen LogP contribution in [0.15, 0.2) is 73.8 Å². The molecule has 2 aromatic carbocycles. The summed E-state index contributed by atoms with van der Waals surface area (Å²) in [5.74, 6) is -1.29. The highest BCUT2D eigenvalue weighted by molar-refractivity contribution is 6.07. The first kappa shape index (κ1) is 34.2. The Bertz CT molecular complexity index is 1480. The molecule has 2 bridgehead atoms. The van der Waals surface area contributed by atoms with Crippen LogP contribution in [0, 0.1) is 17.8 Å². The molecular weight excluding hydrogens is 598 g/mol. The summed E-state index contributed by atoms with van der Waals surface area (Å²) in [6.07, 6.45) is 4.73. The molecule has 0 aliphatic carbocycles. The van der Waals surface area contributed by atoms with E-state index in [1.807, 2.05) is 45.0 Å². The zero-order valence-corrected chi connectivity index (χ0v) is 27.9. The number of amides is 3. The number of anilines is 2. The number of methoxy groups -OCH3 is 1. The summed E-state index contributed by atoms with van der Waals surface area (Å²) < 4.78 is 17.9. The molecule has 47 heavy (non-hydrogen) atoms. The Morgan fingerprint density at radius 1 is 1.00 bits per heavy atom. The molecule has 3 fully saturated rings. The molecular formula is C37H47N3O7. The molecule has 10 heteroatoms. The van der Waals surface area contributed by atoms with E-state index in [0.717, 1.165) is 0 Å². The zero-order chi connectivity index (χ0) is 33.9. The van der Waals surface area contributed by atoms with E-state index in [1.54, 1.807) is 58.2 Å². The number of hydrogen-bond donors (Lipinski definition) is 1. The summed E-state index contributed by atoms with van der Waals surface area (Å²) in [6, 6.07) is 13.5. The van der Waals surface area contributed by atoms with E-state index in [9.17, 15) is 19.5 Å². The standard InChI is InChI=1S/C37H47N3O7/c1-7-20-38(26-14-18-29(19-15-26)46-9-3)33(42)30-31-34(43)40(22-10-11-23-41)32(37(31)24-25(4)36(30,5)47-37)35(44)39(21-8-2)27-12-16-28(45-6)17-13-27/h7-8,12-19,25,30-32,41H,1-2,9-11,20-24H2,3-6H3/t25?,30-,31-,32?,36+,37?/m0/s1. The Labute approximate surface area is 277 Å². The summed E-state index contributed by atoms with van der Waals surface area (Å²) in [6.45, 7) is 14.8. The number of aliphatic hydroxyl groups excluding tert-OH is 1. The minimum absolute atomic E-state index is 0.0328. The summed E-state index contributed by atoms with van der Waals surface area (Å²) in [4.78, 5) is 49.1. The second kappa shape index (κ2) is 13.9. The van der Waals surface area contributed by atoms with Crippen LogP contribution in [0.2, 0.25) is 0 Å². The minimum Gasteiger partial charge on any atom is -0.497 e. The van der Waals surface area contributed by atoms with Crippen molar-refractivity contribution in [3.8, 4) is 11.5 Å². The van der Waals surface area contributed by atoms with E-state index >= 15 is 0 Å². The van der Waals surface area contributed by atoms with Gasteiger partial charge in [-0.3, -0.25) is 14.4 Å². The number of hydrogen-bond acceptors (Lipinski definition) is 7. The van der Waals surface area contributed by atoms with Crippen LogP contribution in [-0.2, 0) is 19.1 Å². The molecule has 3 heterocycles. The fourth-order valence-electron chi connectivity index (χ4n) is 7.90. The van der Waals surface area contributed by atoms with Gasteiger partial charge in [0.15, 0.2) is 0 Å². The molecule has 3 saturated heterocycles. The number of ether oxygens (including phenoxy) is 3. The third-order valence-corrected chi connectivity index (χ3v) is 10.1. The van der Waals surface area contributed by atoms with E-state index in [2.05, 4.69) is 13.2 Å². The van der Waals surface area contributed by atoms with Crippen molar-refractivity contribution >= 4 is 29.1 Å². The maximum absolute atomic E-state index is 14.8. The largest absolute Gasteiger partial charge is 0.497 e. The van der Waals surface area contributed by atoms with Crippen LogP contribution >= 0.6 is 0 Å². The lowest BCUT2D eigenvalue weighted by atomic mass is 9.62. The van der Waals surface area contributed by atoms with Gasteiger partial charge in [-0.1, -0.05) is 19.1 Å². The molecule has 0 saturated carbocycles. The van der Waals surface area contributed by atoms with Crippen LogP contribution in [0.1, 0.15) is 40.0 Å². The molecule has 0 aromatic heterocycles. The first-order valence-electron chi connectivity index (χ1n) is 16.4. The molecule has 252 valence electrons. The lowest BCUT2D eigenvalue weighted by molar-refractivity contribution is -0.145. The van der Waals surface area contributed by atoms with Crippen LogP contribution in [0.4, 0.5) is 11.4 Å². The first-order chi connectivity index (χ1) is 22.6. The average Bonchev–Trinajstić information content (AvgIpc) is 3.59. The predicted octanol–water partition coefficient (Wildman–Crippen LogP) is 4.62. The molecule has 3 amide bonds. The number of carbonyl (C=O) groups is 3. The zero-order valence-electron chi connectivity index (χ0n) is 27.9. The van der Waals surface area contributed by atoms with Gasteiger partial charge >= 0.3 is 0 Å². The number of nitrogens with zero attached hydrogens (tertiary/aromatic N) is 3. The Hall–Kier alpha value is -4.15. The van der Waals surface area contributed by atoms with E-state index in [0.29, 0.717) is 48.7 Å². The van der Waals surface area contributed by atoms with Gasteiger partial charge < -0.3 is 34.0 Å². The number of rotatable bonds is 15. The highest BCUT2D eigenvalue weighted by atomic mass is 16.5. The Morgan fingerprint density at radius 3 is 2.11 bits per heavy atom. The topological polar surface area (TPSA) is 109 Å². The number of benzene rings is 2. The SMILES string of the molecule is C=CCN(C(=O)C1N(CCCCO)C(=O)[C@@H]2[C@@H](C(=O)N(CC=C)c3ccc(OCC)cc3)[C@]3(C)OC12CC3C)c1ccc(OC)cc1. The van der Waals surface area contributed by atoms with Gasteiger partial charge in [-0.2, -0.15) is 0 Å². The number of carbonyl (C=O) groups excluding carboxylic acids is 3. The van der Waals surface area contributed by atoms with Crippen molar-refractivity contribution in [1.82, 2.24) is 4.90 Å². The van der Waals surface area contributed by atoms with Gasteiger partial charge in [0.25, 0.3) is 5.91 Å². The number of unbranched alkanes of at least 4 members (excludes halogenated alkanes) is 1. The summed E-state index contributed by atoms with van der Waals surface area (Å²) in [7, 11) is 1.58. The van der Waals surface area contributed by atoms with Gasteiger partial charge in [0.2, 0.25) is 11.8 Å². The minimum atomic E-state index is -1.22. The van der Waals surface area contributed by atoms with Gasteiger partial charge in [0, 0.05) is 37.6 Å². The number of aliphatic hydroxyl groups is 1. The van der Waals surface area contributed by atoms with Crippen molar-refractivity contribution < 1.29 is 33.7 Å². The summed E-state index contributed by atoms with van der Waals surface area (Å²) >= 11 is 0. The normalized spacial score (nSPS) is 27.3. The van der Waals surface area contributed by atoms with Crippen molar-refractivity contribution in [3.63, 3.8) is 0 Å². The third-order valence-electron chi connectivity index (χ3n) is 10.1.